The van der Waals surface area contributed by atoms with Crippen molar-refractivity contribution in [2.45, 2.75) is 44.6 Å². The van der Waals surface area contributed by atoms with Gasteiger partial charge in [0.25, 0.3) is 5.91 Å². The van der Waals surface area contributed by atoms with E-state index in [9.17, 15) is 10.1 Å². The molecule has 31 heavy (non-hydrogen) atoms. The molecule has 2 aromatic carbocycles. The third-order valence-electron chi connectivity index (χ3n) is 6.61. The summed E-state index contributed by atoms with van der Waals surface area (Å²) in [5.41, 5.74) is 8.65. The first-order valence-corrected chi connectivity index (χ1v) is 11.5. The summed E-state index contributed by atoms with van der Waals surface area (Å²) in [6.45, 7) is 2.37. The summed E-state index contributed by atoms with van der Waals surface area (Å²) >= 11 is 6.37. The fourth-order valence-corrected chi connectivity index (χ4v) is 5.14. The van der Waals surface area contributed by atoms with Crippen LogP contribution in [0.2, 0.25) is 5.02 Å². The van der Waals surface area contributed by atoms with Crippen molar-refractivity contribution >= 4 is 28.9 Å². The number of carbonyl (C=O) groups excluding carboxylic acids is 1. The second-order valence-electron chi connectivity index (χ2n) is 8.75. The van der Waals surface area contributed by atoms with E-state index in [4.69, 9.17) is 17.3 Å². The van der Waals surface area contributed by atoms with Gasteiger partial charge in [0.05, 0.1) is 10.6 Å². The zero-order valence-electron chi connectivity index (χ0n) is 17.8. The molecule has 1 saturated heterocycles. The van der Waals surface area contributed by atoms with Crippen molar-refractivity contribution in [3.8, 4) is 6.07 Å². The molecule has 1 aliphatic heterocycles. The van der Waals surface area contributed by atoms with Gasteiger partial charge in [-0.15, -0.1) is 0 Å². The van der Waals surface area contributed by atoms with Gasteiger partial charge in [0.15, 0.2) is 0 Å². The van der Waals surface area contributed by atoms with Gasteiger partial charge in [-0.25, -0.2) is 0 Å². The number of amides is 1. The van der Waals surface area contributed by atoms with Crippen LogP contribution in [-0.4, -0.2) is 36.5 Å². The SMILES string of the molecule is N#Cc1ccc(N(CC2CCCCC2)C2CCN(C(=O)c3cccc(N)c3)C2)cc1Cl. The van der Waals surface area contributed by atoms with Gasteiger partial charge in [0, 0.05) is 42.6 Å². The lowest BCUT2D eigenvalue weighted by Gasteiger charge is -2.36. The highest BCUT2D eigenvalue weighted by Crippen LogP contribution is 2.32. The van der Waals surface area contributed by atoms with Crippen molar-refractivity contribution in [1.82, 2.24) is 4.90 Å². The van der Waals surface area contributed by atoms with E-state index in [0.717, 1.165) is 25.2 Å². The Morgan fingerprint density at radius 3 is 2.68 bits per heavy atom. The van der Waals surface area contributed by atoms with Crippen molar-refractivity contribution in [2.24, 2.45) is 5.92 Å². The first kappa shape index (κ1) is 21.5. The molecule has 1 heterocycles. The lowest BCUT2D eigenvalue weighted by atomic mass is 9.88. The molecule has 5 nitrogen and oxygen atoms in total. The molecule has 2 aliphatic rings. The average Bonchev–Trinajstić information content (AvgIpc) is 3.27. The molecule has 0 radical (unpaired) electrons. The van der Waals surface area contributed by atoms with Crippen molar-refractivity contribution < 1.29 is 4.79 Å². The average molecular weight is 437 g/mol. The Morgan fingerprint density at radius 1 is 1.16 bits per heavy atom. The highest BCUT2D eigenvalue weighted by Gasteiger charge is 2.32. The Balaban J connectivity index is 1.54. The quantitative estimate of drug-likeness (QED) is 0.662. The Morgan fingerprint density at radius 2 is 1.97 bits per heavy atom. The van der Waals surface area contributed by atoms with Crippen LogP contribution in [0.15, 0.2) is 42.5 Å². The van der Waals surface area contributed by atoms with Crippen LogP contribution < -0.4 is 10.6 Å². The predicted octanol–water partition coefficient (Wildman–Crippen LogP) is 5.10. The van der Waals surface area contributed by atoms with Gasteiger partial charge in [-0.1, -0.05) is 36.9 Å². The van der Waals surface area contributed by atoms with Gasteiger partial charge in [-0.3, -0.25) is 4.79 Å². The Labute approximate surface area is 189 Å². The maximum absolute atomic E-state index is 13.0. The zero-order chi connectivity index (χ0) is 21.8. The second kappa shape index (κ2) is 9.62. The third-order valence-corrected chi connectivity index (χ3v) is 6.92. The minimum atomic E-state index is 0.0327. The van der Waals surface area contributed by atoms with E-state index in [-0.39, 0.29) is 11.9 Å². The number of hydrogen-bond donors (Lipinski definition) is 1. The van der Waals surface area contributed by atoms with Gasteiger partial charge >= 0.3 is 0 Å². The normalized spacial score (nSPS) is 19.2. The topological polar surface area (TPSA) is 73.4 Å². The number of anilines is 2. The molecule has 6 heteroatoms. The summed E-state index contributed by atoms with van der Waals surface area (Å²) in [6, 6.07) is 15.3. The smallest absolute Gasteiger partial charge is 0.254 e. The molecule has 1 saturated carbocycles. The van der Waals surface area contributed by atoms with Gasteiger partial charge in [-0.05, 0) is 61.6 Å². The van der Waals surface area contributed by atoms with Crippen LogP contribution >= 0.6 is 11.6 Å². The van der Waals surface area contributed by atoms with E-state index in [2.05, 4.69) is 11.0 Å². The summed E-state index contributed by atoms with van der Waals surface area (Å²) in [5, 5.41) is 9.73. The summed E-state index contributed by atoms with van der Waals surface area (Å²) in [7, 11) is 0. The summed E-state index contributed by atoms with van der Waals surface area (Å²) in [6.07, 6.45) is 7.32. The standard InChI is InChI=1S/C25H29ClN4O/c26-24-14-22(10-9-20(24)15-27)30(16-18-5-2-1-3-6-18)23-11-12-29(17-23)25(31)19-7-4-8-21(28)13-19/h4,7-10,13-14,18,23H,1-3,5-6,11-12,16-17,28H2. The number of carbonyl (C=O) groups is 1. The minimum absolute atomic E-state index is 0.0327. The maximum Gasteiger partial charge on any atom is 0.254 e. The molecule has 0 spiro atoms. The molecule has 1 unspecified atom stereocenters. The van der Waals surface area contributed by atoms with E-state index in [1.807, 2.05) is 29.2 Å². The number of rotatable bonds is 5. The van der Waals surface area contributed by atoms with Crippen molar-refractivity contribution in [3.05, 3.63) is 58.6 Å². The molecule has 1 aliphatic carbocycles. The first-order chi connectivity index (χ1) is 15.0. The molecule has 2 fully saturated rings. The lowest BCUT2D eigenvalue weighted by molar-refractivity contribution is 0.0790. The number of likely N-dealkylation sites (tertiary alicyclic amines) is 1. The van der Waals surface area contributed by atoms with E-state index in [1.54, 1.807) is 18.2 Å². The number of hydrogen-bond acceptors (Lipinski definition) is 4. The first-order valence-electron chi connectivity index (χ1n) is 11.2. The van der Waals surface area contributed by atoms with Crippen LogP contribution in [-0.2, 0) is 0 Å². The molecule has 0 aromatic heterocycles. The summed E-state index contributed by atoms with van der Waals surface area (Å²) in [4.78, 5) is 17.4. The third kappa shape index (κ3) is 4.97. The number of halogens is 1. The van der Waals surface area contributed by atoms with Crippen molar-refractivity contribution in [3.63, 3.8) is 0 Å². The van der Waals surface area contributed by atoms with Crippen molar-refractivity contribution in [1.29, 1.82) is 5.26 Å². The number of nitrogens with two attached hydrogens (primary N) is 1. The van der Waals surface area contributed by atoms with Crippen LogP contribution in [0.4, 0.5) is 11.4 Å². The number of nitrogen functional groups attached to an aromatic ring is 1. The highest BCUT2D eigenvalue weighted by molar-refractivity contribution is 6.32. The number of benzene rings is 2. The molecular weight excluding hydrogens is 408 g/mol. The van der Waals surface area contributed by atoms with Crippen LogP contribution in [0.25, 0.3) is 0 Å². The molecule has 1 amide bonds. The molecule has 162 valence electrons. The Bertz CT molecular complexity index is 980. The van der Waals surface area contributed by atoms with Crippen LogP contribution in [0.5, 0.6) is 0 Å². The van der Waals surface area contributed by atoms with Crippen LogP contribution in [0, 0.1) is 17.2 Å². The van der Waals surface area contributed by atoms with E-state index >= 15 is 0 Å². The fraction of sp³-hybridized carbons (Fsp3) is 0.440. The summed E-state index contributed by atoms with van der Waals surface area (Å²) in [5.74, 6) is 0.687. The van der Waals surface area contributed by atoms with Crippen LogP contribution in [0.3, 0.4) is 0 Å². The lowest BCUT2D eigenvalue weighted by Crippen LogP contribution is -2.42. The second-order valence-corrected chi connectivity index (χ2v) is 9.16. The van der Waals surface area contributed by atoms with Crippen LogP contribution in [0.1, 0.15) is 54.4 Å². The maximum atomic E-state index is 13.0. The molecule has 0 bridgehead atoms. The Hall–Kier alpha value is -2.71. The van der Waals surface area contributed by atoms with Gasteiger partial charge < -0.3 is 15.5 Å². The predicted molar refractivity (Wildman–Crippen MR) is 125 cm³/mol. The largest absolute Gasteiger partial charge is 0.399 e. The minimum Gasteiger partial charge on any atom is -0.399 e. The molecular formula is C25H29ClN4O. The Kier molecular flexibility index (Phi) is 6.67. The highest BCUT2D eigenvalue weighted by atomic mass is 35.5. The molecule has 2 aromatic rings. The summed E-state index contributed by atoms with van der Waals surface area (Å²) < 4.78 is 0. The molecule has 4 rings (SSSR count). The van der Waals surface area contributed by atoms with Gasteiger partial charge in [-0.2, -0.15) is 5.26 Å². The van der Waals surface area contributed by atoms with E-state index < -0.39 is 0 Å². The number of nitrogens with zero attached hydrogens (tertiary/aromatic N) is 3. The molecule has 1 atom stereocenters. The van der Waals surface area contributed by atoms with E-state index in [0.29, 0.717) is 34.3 Å². The van der Waals surface area contributed by atoms with Gasteiger partial charge in [0.1, 0.15) is 6.07 Å². The van der Waals surface area contributed by atoms with Crippen molar-refractivity contribution in [2.75, 3.05) is 30.3 Å². The zero-order valence-corrected chi connectivity index (χ0v) is 18.5. The number of nitriles is 1. The van der Waals surface area contributed by atoms with Gasteiger partial charge in [0.2, 0.25) is 0 Å². The fourth-order valence-electron chi connectivity index (χ4n) is 4.92. The molecule has 2 N–H and O–H groups in total. The monoisotopic (exact) mass is 436 g/mol. The van der Waals surface area contributed by atoms with E-state index in [1.165, 1.54) is 32.1 Å².